The van der Waals surface area contributed by atoms with Crippen LogP contribution in [-0.4, -0.2) is 17.7 Å². The number of rotatable bonds is 4. The molecule has 2 aromatic rings. The SMILES string of the molecule is CC(NCCN)c1cccc2c1ccn2C. The van der Waals surface area contributed by atoms with E-state index >= 15 is 0 Å². The molecule has 0 radical (unpaired) electrons. The van der Waals surface area contributed by atoms with Crippen LogP contribution in [0, 0.1) is 0 Å². The Balaban J connectivity index is 2.36. The number of fused-ring (bicyclic) bond motifs is 1. The van der Waals surface area contributed by atoms with E-state index in [9.17, 15) is 0 Å². The third-order valence-corrected chi connectivity index (χ3v) is 3.02. The largest absolute Gasteiger partial charge is 0.351 e. The van der Waals surface area contributed by atoms with E-state index in [0.717, 1.165) is 6.54 Å². The lowest BCUT2D eigenvalue weighted by molar-refractivity contribution is 0.585. The van der Waals surface area contributed by atoms with Crippen LogP contribution in [0.3, 0.4) is 0 Å². The van der Waals surface area contributed by atoms with Crippen LogP contribution in [0.1, 0.15) is 18.5 Å². The zero-order valence-electron chi connectivity index (χ0n) is 9.90. The van der Waals surface area contributed by atoms with Crippen molar-refractivity contribution < 1.29 is 0 Å². The van der Waals surface area contributed by atoms with Crippen LogP contribution >= 0.6 is 0 Å². The molecule has 1 aromatic carbocycles. The van der Waals surface area contributed by atoms with E-state index in [1.807, 2.05) is 0 Å². The van der Waals surface area contributed by atoms with Crippen molar-refractivity contribution in [2.45, 2.75) is 13.0 Å². The molecule has 16 heavy (non-hydrogen) atoms. The van der Waals surface area contributed by atoms with Gasteiger partial charge in [0.1, 0.15) is 0 Å². The minimum atomic E-state index is 0.342. The Morgan fingerprint density at radius 3 is 2.94 bits per heavy atom. The second-order valence-electron chi connectivity index (χ2n) is 4.17. The van der Waals surface area contributed by atoms with Crippen LogP contribution in [0.5, 0.6) is 0 Å². The Kier molecular flexibility index (Phi) is 3.27. The fourth-order valence-corrected chi connectivity index (χ4v) is 2.11. The maximum absolute atomic E-state index is 5.51. The van der Waals surface area contributed by atoms with Gasteiger partial charge in [-0.3, -0.25) is 0 Å². The molecule has 0 aliphatic heterocycles. The fourth-order valence-electron chi connectivity index (χ4n) is 2.11. The maximum atomic E-state index is 5.51. The van der Waals surface area contributed by atoms with E-state index < -0.39 is 0 Å². The van der Waals surface area contributed by atoms with Crippen LogP contribution in [0.2, 0.25) is 0 Å². The van der Waals surface area contributed by atoms with Gasteiger partial charge in [0.15, 0.2) is 0 Å². The van der Waals surface area contributed by atoms with Crippen LogP contribution in [0.15, 0.2) is 30.5 Å². The third kappa shape index (κ3) is 1.96. The highest BCUT2D eigenvalue weighted by molar-refractivity contribution is 5.84. The van der Waals surface area contributed by atoms with Gasteiger partial charge in [0.25, 0.3) is 0 Å². The molecule has 86 valence electrons. The van der Waals surface area contributed by atoms with Crippen LogP contribution in [0.25, 0.3) is 10.9 Å². The van der Waals surface area contributed by atoms with Crippen LogP contribution < -0.4 is 11.1 Å². The van der Waals surface area contributed by atoms with Gasteiger partial charge in [0, 0.05) is 43.3 Å². The Bertz CT molecular complexity index is 473. The van der Waals surface area contributed by atoms with E-state index in [2.05, 4.69) is 54.3 Å². The summed E-state index contributed by atoms with van der Waals surface area (Å²) in [4.78, 5) is 0. The minimum absolute atomic E-state index is 0.342. The van der Waals surface area contributed by atoms with Crippen molar-refractivity contribution in [3.8, 4) is 0 Å². The lowest BCUT2D eigenvalue weighted by Gasteiger charge is -2.14. The summed E-state index contributed by atoms with van der Waals surface area (Å²) in [5, 5.41) is 4.74. The van der Waals surface area contributed by atoms with Crippen molar-refractivity contribution >= 4 is 10.9 Å². The van der Waals surface area contributed by atoms with Gasteiger partial charge in [0.2, 0.25) is 0 Å². The first-order valence-electron chi connectivity index (χ1n) is 5.71. The van der Waals surface area contributed by atoms with Crippen LogP contribution in [0.4, 0.5) is 0 Å². The van der Waals surface area contributed by atoms with E-state index in [4.69, 9.17) is 5.73 Å². The number of nitrogens with two attached hydrogens (primary N) is 1. The topological polar surface area (TPSA) is 43.0 Å². The highest BCUT2D eigenvalue weighted by Crippen LogP contribution is 2.24. The van der Waals surface area contributed by atoms with Gasteiger partial charge >= 0.3 is 0 Å². The molecule has 0 bridgehead atoms. The van der Waals surface area contributed by atoms with Crippen molar-refractivity contribution in [2.75, 3.05) is 13.1 Å². The zero-order valence-corrected chi connectivity index (χ0v) is 9.90. The Labute approximate surface area is 96.2 Å². The predicted octanol–water partition coefficient (Wildman–Crippen LogP) is 1.79. The smallest absolute Gasteiger partial charge is 0.0481 e. The van der Waals surface area contributed by atoms with Gasteiger partial charge in [-0.05, 0) is 24.6 Å². The summed E-state index contributed by atoms with van der Waals surface area (Å²) >= 11 is 0. The highest BCUT2D eigenvalue weighted by atomic mass is 14.9. The zero-order chi connectivity index (χ0) is 11.5. The average molecular weight is 217 g/mol. The fraction of sp³-hybridized carbons (Fsp3) is 0.385. The van der Waals surface area contributed by atoms with Crippen LogP contribution in [-0.2, 0) is 7.05 Å². The molecular weight excluding hydrogens is 198 g/mol. The number of benzene rings is 1. The normalized spacial score (nSPS) is 13.2. The van der Waals surface area contributed by atoms with E-state index in [0.29, 0.717) is 12.6 Å². The molecule has 0 spiro atoms. The van der Waals surface area contributed by atoms with Crippen molar-refractivity contribution in [1.82, 2.24) is 9.88 Å². The van der Waals surface area contributed by atoms with E-state index in [1.165, 1.54) is 16.5 Å². The molecule has 0 amide bonds. The molecule has 3 N–H and O–H groups in total. The molecule has 0 saturated heterocycles. The maximum Gasteiger partial charge on any atom is 0.0481 e. The Morgan fingerprint density at radius 1 is 1.38 bits per heavy atom. The molecule has 0 aliphatic carbocycles. The molecule has 1 heterocycles. The lowest BCUT2D eigenvalue weighted by Crippen LogP contribution is -2.25. The third-order valence-electron chi connectivity index (χ3n) is 3.02. The monoisotopic (exact) mass is 217 g/mol. The lowest BCUT2D eigenvalue weighted by atomic mass is 10.0. The minimum Gasteiger partial charge on any atom is -0.351 e. The first-order chi connectivity index (χ1) is 7.74. The number of aryl methyl sites for hydroxylation is 1. The Hall–Kier alpha value is -1.32. The molecule has 0 aliphatic rings. The molecule has 2 rings (SSSR count). The van der Waals surface area contributed by atoms with Gasteiger partial charge in [-0.1, -0.05) is 12.1 Å². The molecule has 0 saturated carbocycles. The van der Waals surface area contributed by atoms with Crippen molar-refractivity contribution in [3.05, 3.63) is 36.0 Å². The molecule has 1 aromatic heterocycles. The van der Waals surface area contributed by atoms with Gasteiger partial charge in [0.05, 0.1) is 0 Å². The number of hydrogen-bond donors (Lipinski definition) is 2. The van der Waals surface area contributed by atoms with Gasteiger partial charge in [-0.2, -0.15) is 0 Å². The summed E-state index contributed by atoms with van der Waals surface area (Å²) in [6.45, 7) is 3.71. The Morgan fingerprint density at radius 2 is 2.19 bits per heavy atom. The highest BCUT2D eigenvalue weighted by Gasteiger charge is 2.09. The summed E-state index contributed by atoms with van der Waals surface area (Å²) in [5.41, 5.74) is 8.12. The van der Waals surface area contributed by atoms with E-state index in [1.54, 1.807) is 0 Å². The second-order valence-corrected chi connectivity index (χ2v) is 4.17. The van der Waals surface area contributed by atoms with E-state index in [-0.39, 0.29) is 0 Å². The standard InChI is InChI=1S/C13H19N3/c1-10(15-8-7-14)11-4-3-5-13-12(11)6-9-16(13)2/h3-6,9-10,15H,7-8,14H2,1-2H3. The molecule has 1 atom stereocenters. The van der Waals surface area contributed by atoms with Crippen molar-refractivity contribution in [1.29, 1.82) is 0 Å². The number of nitrogens with zero attached hydrogens (tertiary/aromatic N) is 1. The van der Waals surface area contributed by atoms with Gasteiger partial charge in [-0.15, -0.1) is 0 Å². The van der Waals surface area contributed by atoms with Crippen molar-refractivity contribution in [2.24, 2.45) is 12.8 Å². The number of nitrogens with one attached hydrogen (secondary N) is 1. The average Bonchev–Trinajstić information content (AvgIpc) is 2.68. The van der Waals surface area contributed by atoms with Gasteiger partial charge in [-0.25, -0.2) is 0 Å². The molecule has 3 nitrogen and oxygen atoms in total. The molecular formula is C13H19N3. The number of hydrogen-bond acceptors (Lipinski definition) is 2. The van der Waals surface area contributed by atoms with Crippen molar-refractivity contribution in [3.63, 3.8) is 0 Å². The summed E-state index contributed by atoms with van der Waals surface area (Å²) in [6.07, 6.45) is 2.10. The quantitative estimate of drug-likeness (QED) is 0.820. The predicted molar refractivity (Wildman–Crippen MR) is 68.4 cm³/mol. The molecule has 3 heteroatoms. The van der Waals surface area contributed by atoms with Gasteiger partial charge < -0.3 is 15.6 Å². The number of aromatic nitrogens is 1. The summed E-state index contributed by atoms with van der Waals surface area (Å²) < 4.78 is 2.15. The summed E-state index contributed by atoms with van der Waals surface area (Å²) in [7, 11) is 2.07. The first-order valence-corrected chi connectivity index (χ1v) is 5.71. The molecule has 0 fully saturated rings. The molecule has 1 unspecified atom stereocenters. The second kappa shape index (κ2) is 4.68. The summed E-state index contributed by atoms with van der Waals surface area (Å²) in [6, 6.07) is 8.95. The summed E-state index contributed by atoms with van der Waals surface area (Å²) in [5.74, 6) is 0. The first kappa shape index (κ1) is 11.2.